The zero-order valence-electron chi connectivity index (χ0n) is 7.56. The Morgan fingerprint density at radius 1 is 1.29 bits per heavy atom. The van der Waals surface area contributed by atoms with Gasteiger partial charge in [0, 0.05) is 12.0 Å². The summed E-state index contributed by atoms with van der Waals surface area (Å²) in [6.07, 6.45) is -1.17. The third kappa shape index (κ3) is 3.40. The Bertz CT molecular complexity index is 243. The fourth-order valence-corrected chi connectivity index (χ4v) is 1.36. The van der Waals surface area contributed by atoms with Crippen LogP contribution in [0.25, 0.3) is 0 Å². The Labute approximate surface area is 79.7 Å². The van der Waals surface area contributed by atoms with Gasteiger partial charge in [0.2, 0.25) is 0 Å². The summed E-state index contributed by atoms with van der Waals surface area (Å²) in [7, 11) is 0. The number of ether oxygens (including phenoxy) is 1. The zero-order chi connectivity index (χ0) is 10.6. The molecule has 1 aliphatic carbocycles. The van der Waals surface area contributed by atoms with Crippen molar-refractivity contribution in [3.63, 3.8) is 0 Å². The Morgan fingerprint density at radius 2 is 1.93 bits per heavy atom. The minimum absolute atomic E-state index is 0.212. The molecule has 2 nitrogen and oxygen atoms in total. The van der Waals surface area contributed by atoms with Gasteiger partial charge in [-0.25, -0.2) is 0 Å². The van der Waals surface area contributed by atoms with Crippen molar-refractivity contribution >= 4 is 6.29 Å². The molecule has 0 N–H and O–H groups in total. The van der Waals surface area contributed by atoms with E-state index in [0.29, 0.717) is 24.7 Å². The van der Waals surface area contributed by atoms with Crippen molar-refractivity contribution in [2.24, 2.45) is 0 Å². The molecule has 0 bridgehead atoms. The van der Waals surface area contributed by atoms with E-state index in [0.717, 1.165) is 12.8 Å². The maximum atomic E-state index is 11.8. The first-order chi connectivity index (χ1) is 6.53. The number of carbonyl (C=O) groups is 1. The van der Waals surface area contributed by atoms with E-state index in [4.69, 9.17) is 0 Å². The maximum Gasteiger partial charge on any atom is 0.422 e. The monoisotopic (exact) mass is 208 g/mol. The minimum Gasteiger partial charge on any atom is -0.488 e. The molecular formula is C9H11F3O2. The highest BCUT2D eigenvalue weighted by Crippen LogP contribution is 2.26. The summed E-state index contributed by atoms with van der Waals surface area (Å²) in [5.74, 6) is 0.212. The second-order valence-electron chi connectivity index (χ2n) is 3.18. The topological polar surface area (TPSA) is 26.3 Å². The van der Waals surface area contributed by atoms with Crippen molar-refractivity contribution in [3.8, 4) is 0 Å². The number of hydrogen-bond acceptors (Lipinski definition) is 2. The summed E-state index contributed by atoms with van der Waals surface area (Å²) in [4.78, 5) is 10.5. The van der Waals surface area contributed by atoms with E-state index in [-0.39, 0.29) is 5.76 Å². The van der Waals surface area contributed by atoms with Gasteiger partial charge in [-0.2, -0.15) is 13.2 Å². The van der Waals surface area contributed by atoms with Crippen LogP contribution in [0.3, 0.4) is 0 Å². The maximum absolute atomic E-state index is 11.8. The van der Waals surface area contributed by atoms with Gasteiger partial charge in [-0.1, -0.05) is 0 Å². The van der Waals surface area contributed by atoms with E-state index >= 15 is 0 Å². The lowest BCUT2D eigenvalue weighted by molar-refractivity contribution is -0.166. The zero-order valence-corrected chi connectivity index (χ0v) is 7.56. The standard InChI is InChI=1S/C9H11F3O2/c10-9(11,12)6-14-8-4-2-1-3-7(8)5-13/h5H,1-4,6H2. The first-order valence-electron chi connectivity index (χ1n) is 4.39. The first kappa shape index (κ1) is 11.1. The van der Waals surface area contributed by atoms with E-state index in [9.17, 15) is 18.0 Å². The van der Waals surface area contributed by atoms with Gasteiger partial charge in [0.25, 0.3) is 0 Å². The molecule has 0 unspecified atom stereocenters. The summed E-state index contributed by atoms with van der Waals surface area (Å²) in [5.41, 5.74) is 0.375. The molecule has 0 radical (unpaired) electrons. The number of aldehydes is 1. The van der Waals surface area contributed by atoms with Crippen LogP contribution in [0.4, 0.5) is 13.2 Å². The molecule has 1 aliphatic rings. The molecule has 1 rings (SSSR count). The smallest absolute Gasteiger partial charge is 0.422 e. The van der Waals surface area contributed by atoms with Crippen LogP contribution in [0.2, 0.25) is 0 Å². The average molecular weight is 208 g/mol. The number of rotatable bonds is 3. The number of alkyl halides is 3. The van der Waals surface area contributed by atoms with Crippen LogP contribution in [0.15, 0.2) is 11.3 Å². The van der Waals surface area contributed by atoms with Crippen molar-refractivity contribution in [1.82, 2.24) is 0 Å². The van der Waals surface area contributed by atoms with Gasteiger partial charge < -0.3 is 4.74 Å². The summed E-state index contributed by atoms with van der Waals surface area (Å²) in [6.45, 7) is -1.31. The summed E-state index contributed by atoms with van der Waals surface area (Å²) >= 11 is 0. The van der Waals surface area contributed by atoms with Gasteiger partial charge in [-0.05, 0) is 19.3 Å². The van der Waals surface area contributed by atoms with E-state index in [1.54, 1.807) is 0 Å². The molecule has 0 spiro atoms. The number of allylic oxidation sites excluding steroid dienone is 2. The third-order valence-electron chi connectivity index (χ3n) is 2.01. The largest absolute Gasteiger partial charge is 0.488 e. The second kappa shape index (κ2) is 4.48. The van der Waals surface area contributed by atoms with E-state index in [2.05, 4.69) is 4.74 Å². The van der Waals surface area contributed by atoms with Gasteiger partial charge in [0.1, 0.15) is 12.0 Å². The fourth-order valence-electron chi connectivity index (χ4n) is 1.36. The van der Waals surface area contributed by atoms with Gasteiger partial charge >= 0.3 is 6.18 Å². The van der Waals surface area contributed by atoms with Crippen LogP contribution in [0, 0.1) is 0 Å². The molecule has 0 heterocycles. The Balaban J connectivity index is 2.56. The molecular weight excluding hydrogens is 197 g/mol. The van der Waals surface area contributed by atoms with Gasteiger partial charge in [0.15, 0.2) is 6.61 Å². The van der Waals surface area contributed by atoms with Crippen molar-refractivity contribution < 1.29 is 22.7 Å². The van der Waals surface area contributed by atoms with Crippen molar-refractivity contribution in [2.75, 3.05) is 6.61 Å². The molecule has 0 aromatic rings. The molecule has 80 valence electrons. The van der Waals surface area contributed by atoms with E-state index in [1.807, 2.05) is 0 Å². The quantitative estimate of drug-likeness (QED) is 0.666. The molecule has 0 fully saturated rings. The highest BCUT2D eigenvalue weighted by Gasteiger charge is 2.29. The highest BCUT2D eigenvalue weighted by atomic mass is 19.4. The van der Waals surface area contributed by atoms with Crippen LogP contribution >= 0.6 is 0 Å². The van der Waals surface area contributed by atoms with Crippen LogP contribution in [0.5, 0.6) is 0 Å². The molecule has 0 aromatic heterocycles. The summed E-state index contributed by atoms with van der Waals surface area (Å²) < 4.78 is 40.0. The molecule has 0 atom stereocenters. The SMILES string of the molecule is O=CC1=C(OCC(F)(F)F)CCCC1. The Morgan fingerprint density at radius 3 is 2.50 bits per heavy atom. The van der Waals surface area contributed by atoms with Crippen molar-refractivity contribution in [1.29, 1.82) is 0 Å². The first-order valence-corrected chi connectivity index (χ1v) is 4.39. The molecule has 0 saturated carbocycles. The van der Waals surface area contributed by atoms with Crippen molar-refractivity contribution in [2.45, 2.75) is 31.9 Å². The molecule has 0 saturated heterocycles. The molecule has 14 heavy (non-hydrogen) atoms. The second-order valence-corrected chi connectivity index (χ2v) is 3.18. The lowest BCUT2D eigenvalue weighted by Crippen LogP contribution is -2.18. The fraction of sp³-hybridized carbons (Fsp3) is 0.667. The molecule has 0 aliphatic heterocycles. The predicted molar refractivity (Wildman–Crippen MR) is 43.6 cm³/mol. The number of halogens is 3. The molecule has 0 amide bonds. The lowest BCUT2D eigenvalue weighted by atomic mass is 9.99. The minimum atomic E-state index is -4.33. The van der Waals surface area contributed by atoms with Gasteiger partial charge in [-0.15, -0.1) is 0 Å². The van der Waals surface area contributed by atoms with Crippen LogP contribution in [-0.2, 0) is 9.53 Å². The van der Waals surface area contributed by atoms with E-state index < -0.39 is 12.8 Å². The van der Waals surface area contributed by atoms with Crippen LogP contribution in [-0.4, -0.2) is 19.1 Å². The Kier molecular flexibility index (Phi) is 3.55. The van der Waals surface area contributed by atoms with Gasteiger partial charge in [-0.3, -0.25) is 4.79 Å². The molecule has 5 heteroatoms. The third-order valence-corrected chi connectivity index (χ3v) is 2.01. The summed E-state index contributed by atoms with van der Waals surface area (Å²) in [5, 5.41) is 0. The number of hydrogen-bond donors (Lipinski definition) is 0. The van der Waals surface area contributed by atoms with Crippen LogP contribution < -0.4 is 0 Å². The lowest BCUT2D eigenvalue weighted by Gasteiger charge is -2.18. The van der Waals surface area contributed by atoms with Gasteiger partial charge in [0.05, 0.1) is 0 Å². The average Bonchev–Trinajstić information content (AvgIpc) is 2.14. The van der Waals surface area contributed by atoms with Crippen LogP contribution in [0.1, 0.15) is 25.7 Å². The molecule has 0 aromatic carbocycles. The highest BCUT2D eigenvalue weighted by molar-refractivity contribution is 5.74. The predicted octanol–water partition coefficient (Wildman–Crippen LogP) is 2.59. The van der Waals surface area contributed by atoms with E-state index in [1.165, 1.54) is 0 Å². The summed E-state index contributed by atoms with van der Waals surface area (Å²) in [6, 6.07) is 0. The number of carbonyl (C=O) groups excluding carboxylic acids is 1. The van der Waals surface area contributed by atoms with Crippen molar-refractivity contribution in [3.05, 3.63) is 11.3 Å². The Hall–Kier alpha value is -1.00. The normalized spacial score (nSPS) is 18.2.